The quantitative estimate of drug-likeness (QED) is 0.750. The van der Waals surface area contributed by atoms with Gasteiger partial charge in [0.15, 0.2) is 0 Å². The molecule has 100 valence electrons. The fourth-order valence-corrected chi connectivity index (χ4v) is 2.83. The maximum absolute atomic E-state index is 11.9. The van der Waals surface area contributed by atoms with E-state index < -0.39 is 0 Å². The molecule has 0 radical (unpaired) electrons. The van der Waals surface area contributed by atoms with Gasteiger partial charge in [-0.1, -0.05) is 40.0 Å². The molecule has 2 N–H and O–H groups in total. The first-order valence-electron chi connectivity index (χ1n) is 6.92. The van der Waals surface area contributed by atoms with Crippen molar-refractivity contribution < 1.29 is 9.90 Å². The Morgan fingerprint density at radius 1 is 1.59 bits per heavy atom. The molecule has 0 aromatic carbocycles. The third-order valence-corrected chi connectivity index (χ3v) is 4.09. The molecule has 0 spiro atoms. The van der Waals surface area contributed by atoms with Gasteiger partial charge in [0.2, 0.25) is 5.91 Å². The maximum Gasteiger partial charge on any atom is 0.220 e. The number of nitrogens with one attached hydrogen (secondary N) is 1. The predicted molar refractivity (Wildman–Crippen MR) is 69.7 cm³/mol. The lowest BCUT2D eigenvalue weighted by atomic mass is 9.85. The standard InChI is InChI=1S/C14H27NO2/c1-4-6-11(2)9-13(17)15-12-7-5-8-14(12,3)10-16/h11-12,16H,4-10H2,1-3H3,(H,15,17). The molecule has 1 saturated carbocycles. The van der Waals surface area contributed by atoms with E-state index in [0.717, 1.165) is 32.1 Å². The average molecular weight is 241 g/mol. The Labute approximate surface area is 105 Å². The smallest absolute Gasteiger partial charge is 0.220 e. The van der Waals surface area contributed by atoms with Crippen LogP contribution in [0.5, 0.6) is 0 Å². The van der Waals surface area contributed by atoms with E-state index in [4.69, 9.17) is 0 Å². The van der Waals surface area contributed by atoms with E-state index in [1.54, 1.807) is 0 Å². The monoisotopic (exact) mass is 241 g/mol. The minimum Gasteiger partial charge on any atom is -0.396 e. The molecule has 0 aromatic heterocycles. The zero-order valence-electron chi connectivity index (χ0n) is 11.5. The molecule has 3 heteroatoms. The van der Waals surface area contributed by atoms with Gasteiger partial charge in [0.05, 0.1) is 6.61 Å². The second-order valence-electron chi connectivity index (χ2n) is 5.92. The molecule has 1 aliphatic rings. The third-order valence-electron chi connectivity index (χ3n) is 4.09. The molecule has 1 amide bonds. The van der Waals surface area contributed by atoms with Gasteiger partial charge >= 0.3 is 0 Å². The van der Waals surface area contributed by atoms with Gasteiger partial charge in [-0.25, -0.2) is 0 Å². The summed E-state index contributed by atoms with van der Waals surface area (Å²) in [4.78, 5) is 11.9. The van der Waals surface area contributed by atoms with Crippen molar-refractivity contribution in [2.45, 2.75) is 65.3 Å². The summed E-state index contributed by atoms with van der Waals surface area (Å²) in [5, 5.41) is 12.5. The molecule has 3 unspecified atom stereocenters. The molecule has 0 saturated heterocycles. The Hall–Kier alpha value is -0.570. The van der Waals surface area contributed by atoms with E-state index in [0.29, 0.717) is 12.3 Å². The van der Waals surface area contributed by atoms with Crippen molar-refractivity contribution in [1.29, 1.82) is 0 Å². The van der Waals surface area contributed by atoms with Crippen LogP contribution in [0.15, 0.2) is 0 Å². The number of aliphatic hydroxyl groups is 1. The van der Waals surface area contributed by atoms with Gasteiger partial charge in [-0.2, -0.15) is 0 Å². The van der Waals surface area contributed by atoms with Crippen molar-refractivity contribution in [3.05, 3.63) is 0 Å². The minimum atomic E-state index is -0.107. The highest BCUT2D eigenvalue weighted by Crippen LogP contribution is 2.37. The van der Waals surface area contributed by atoms with Crippen molar-refractivity contribution in [1.82, 2.24) is 5.32 Å². The first-order valence-corrected chi connectivity index (χ1v) is 6.92. The topological polar surface area (TPSA) is 49.3 Å². The van der Waals surface area contributed by atoms with E-state index in [9.17, 15) is 9.90 Å². The molecule has 1 fully saturated rings. The van der Waals surface area contributed by atoms with Gasteiger partial charge in [0, 0.05) is 17.9 Å². The van der Waals surface area contributed by atoms with Crippen LogP contribution in [0.3, 0.4) is 0 Å². The number of aliphatic hydroxyl groups excluding tert-OH is 1. The second-order valence-corrected chi connectivity index (χ2v) is 5.92. The fraction of sp³-hybridized carbons (Fsp3) is 0.929. The van der Waals surface area contributed by atoms with Gasteiger partial charge in [-0.15, -0.1) is 0 Å². The summed E-state index contributed by atoms with van der Waals surface area (Å²) < 4.78 is 0. The summed E-state index contributed by atoms with van der Waals surface area (Å²) in [6.45, 7) is 6.51. The largest absolute Gasteiger partial charge is 0.396 e. The summed E-state index contributed by atoms with van der Waals surface area (Å²) >= 11 is 0. The molecule has 17 heavy (non-hydrogen) atoms. The number of hydrogen-bond donors (Lipinski definition) is 2. The Kier molecular flexibility index (Phi) is 5.44. The Morgan fingerprint density at radius 3 is 2.88 bits per heavy atom. The highest BCUT2D eigenvalue weighted by atomic mass is 16.3. The maximum atomic E-state index is 11.9. The zero-order valence-corrected chi connectivity index (χ0v) is 11.5. The van der Waals surface area contributed by atoms with Gasteiger partial charge in [0.1, 0.15) is 0 Å². The molecule has 1 aliphatic carbocycles. The molecule has 0 heterocycles. The predicted octanol–water partition coefficient (Wildman–Crippen LogP) is 2.48. The molecule has 0 aliphatic heterocycles. The SMILES string of the molecule is CCCC(C)CC(=O)NC1CCCC1(C)CO. The van der Waals surface area contributed by atoms with E-state index in [1.807, 2.05) is 0 Å². The summed E-state index contributed by atoms with van der Waals surface area (Å²) in [6, 6.07) is 0.161. The molecule has 0 aromatic rings. The van der Waals surface area contributed by atoms with Gasteiger partial charge in [-0.05, 0) is 18.8 Å². The van der Waals surface area contributed by atoms with Crippen molar-refractivity contribution >= 4 is 5.91 Å². The molecule has 3 nitrogen and oxygen atoms in total. The lowest BCUT2D eigenvalue weighted by molar-refractivity contribution is -0.123. The lowest BCUT2D eigenvalue weighted by Gasteiger charge is -2.30. The van der Waals surface area contributed by atoms with Crippen LogP contribution in [0.25, 0.3) is 0 Å². The van der Waals surface area contributed by atoms with E-state index in [2.05, 4.69) is 26.1 Å². The van der Waals surface area contributed by atoms with Crippen molar-refractivity contribution in [3.63, 3.8) is 0 Å². The lowest BCUT2D eigenvalue weighted by Crippen LogP contribution is -2.45. The normalized spacial score (nSPS) is 30.2. The third kappa shape index (κ3) is 3.98. The molecule has 0 bridgehead atoms. The molecular formula is C14H27NO2. The Balaban J connectivity index is 2.40. The summed E-state index contributed by atoms with van der Waals surface area (Å²) in [5.74, 6) is 0.610. The average Bonchev–Trinajstić information content (AvgIpc) is 2.61. The number of amides is 1. The van der Waals surface area contributed by atoms with Crippen LogP contribution in [-0.2, 0) is 4.79 Å². The van der Waals surface area contributed by atoms with Gasteiger partial charge in [0.25, 0.3) is 0 Å². The van der Waals surface area contributed by atoms with Crippen molar-refractivity contribution in [3.8, 4) is 0 Å². The van der Waals surface area contributed by atoms with Crippen LogP contribution in [0.1, 0.15) is 59.3 Å². The van der Waals surface area contributed by atoms with Crippen LogP contribution in [-0.4, -0.2) is 23.7 Å². The van der Waals surface area contributed by atoms with Crippen LogP contribution in [0, 0.1) is 11.3 Å². The zero-order chi connectivity index (χ0) is 12.9. The number of hydrogen-bond acceptors (Lipinski definition) is 2. The number of rotatable bonds is 6. The van der Waals surface area contributed by atoms with E-state index >= 15 is 0 Å². The Bertz CT molecular complexity index is 255. The summed E-state index contributed by atoms with van der Waals surface area (Å²) in [6.07, 6.45) is 5.98. The fourth-order valence-electron chi connectivity index (χ4n) is 2.83. The molecule has 1 rings (SSSR count). The minimum absolute atomic E-state index is 0.107. The Morgan fingerprint density at radius 2 is 2.29 bits per heavy atom. The van der Waals surface area contributed by atoms with Gasteiger partial charge in [-0.3, -0.25) is 4.79 Å². The highest BCUT2D eigenvalue weighted by molar-refractivity contribution is 5.76. The van der Waals surface area contributed by atoms with Crippen LogP contribution < -0.4 is 5.32 Å². The second kappa shape index (κ2) is 6.39. The van der Waals surface area contributed by atoms with Gasteiger partial charge < -0.3 is 10.4 Å². The van der Waals surface area contributed by atoms with Crippen LogP contribution >= 0.6 is 0 Å². The van der Waals surface area contributed by atoms with Crippen molar-refractivity contribution in [2.24, 2.45) is 11.3 Å². The summed E-state index contributed by atoms with van der Waals surface area (Å²) in [7, 11) is 0. The van der Waals surface area contributed by atoms with E-state index in [-0.39, 0.29) is 24.0 Å². The number of carbonyl (C=O) groups is 1. The van der Waals surface area contributed by atoms with Crippen LogP contribution in [0.2, 0.25) is 0 Å². The summed E-state index contributed by atoms with van der Waals surface area (Å²) in [5.41, 5.74) is -0.107. The van der Waals surface area contributed by atoms with Crippen molar-refractivity contribution in [2.75, 3.05) is 6.61 Å². The van der Waals surface area contributed by atoms with Crippen LogP contribution in [0.4, 0.5) is 0 Å². The number of carbonyl (C=O) groups excluding carboxylic acids is 1. The first kappa shape index (κ1) is 14.5. The molecular weight excluding hydrogens is 214 g/mol. The first-order chi connectivity index (χ1) is 8.01. The molecule has 3 atom stereocenters. The highest BCUT2D eigenvalue weighted by Gasteiger charge is 2.38. The van der Waals surface area contributed by atoms with E-state index in [1.165, 1.54) is 0 Å².